The van der Waals surface area contributed by atoms with Gasteiger partial charge in [-0.15, -0.1) is 13.2 Å². The summed E-state index contributed by atoms with van der Waals surface area (Å²) in [5.41, 5.74) is 1.55. The van der Waals surface area contributed by atoms with Gasteiger partial charge < -0.3 is 15.0 Å². The van der Waals surface area contributed by atoms with Crippen LogP contribution in [-0.2, 0) is 6.54 Å². The monoisotopic (exact) mass is 542 g/mol. The Morgan fingerprint density at radius 3 is 2.29 bits per heavy atom. The average molecular weight is 542 g/mol. The lowest BCUT2D eigenvalue weighted by atomic mass is 9.96. The molecule has 1 saturated heterocycles. The van der Waals surface area contributed by atoms with E-state index in [0.717, 1.165) is 12.1 Å². The summed E-state index contributed by atoms with van der Waals surface area (Å²) >= 11 is 0. The lowest BCUT2D eigenvalue weighted by Crippen LogP contribution is -2.39. The Balaban J connectivity index is 1.34. The summed E-state index contributed by atoms with van der Waals surface area (Å²) in [5, 5.41) is 7.06. The van der Waals surface area contributed by atoms with E-state index in [9.17, 15) is 35.9 Å². The van der Waals surface area contributed by atoms with Gasteiger partial charge in [-0.2, -0.15) is 18.3 Å². The molecular formula is C25H24F6N4O3. The highest BCUT2D eigenvalue weighted by molar-refractivity contribution is 6.00. The van der Waals surface area contributed by atoms with E-state index in [4.69, 9.17) is 0 Å². The summed E-state index contributed by atoms with van der Waals surface area (Å²) in [6.45, 7) is 1.72. The summed E-state index contributed by atoms with van der Waals surface area (Å²) < 4.78 is 79.9. The highest BCUT2D eigenvalue weighted by atomic mass is 19.4. The summed E-state index contributed by atoms with van der Waals surface area (Å²) in [5.74, 6) is -1.29. The molecule has 0 spiro atoms. The number of alkyl halides is 6. The number of aryl methyl sites for hydroxylation is 1. The van der Waals surface area contributed by atoms with Crippen LogP contribution in [0.3, 0.4) is 0 Å². The number of fused-ring (bicyclic) bond motifs is 1. The van der Waals surface area contributed by atoms with Gasteiger partial charge in [0.2, 0.25) is 0 Å². The first-order chi connectivity index (χ1) is 17.8. The Morgan fingerprint density at radius 2 is 1.68 bits per heavy atom. The van der Waals surface area contributed by atoms with Crippen molar-refractivity contribution in [1.29, 1.82) is 0 Å². The number of hydrogen-bond acceptors (Lipinski definition) is 4. The van der Waals surface area contributed by atoms with Crippen LogP contribution in [0, 0.1) is 12.8 Å². The van der Waals surface area contributed by atoms with Gasteiger partial charge in [0.25, 0.3) is 11.8 Å². The number of nitrogens with one attached hydrogen (secondary N) is 1. The van der Waals surface area contributed by atoms with Gasteiger partial charge in [0.05, 0.1) is 5.52 Å². The first kappa shape index (κ1) is 27.3. The largest absolute Gasteiger partial charge is 0.573 e. The molecule has 0 saturated carbocycles. The Labute approximate surface area is 213 Å². The van der Waals surface area contributed by atoms with Crippen molar-refractivity contribution in [3.05, 3.63) is 59.3 Å². The molecule has 204 valence electrons. The van der Waals surface area contributed by atoms with Crippen molar-refractivity contribution in [2.75, 3.05) is 19.6 Å². The van der Waals surface area contributed by atoms with E-state index >= 15 is 0 Å². The molecule has 1 N–H and O–H groups in total. The number of likely N-dealkylation sites (tertiary alicyclic amines) is 1. The first-order valence-electron chi connectivity index (χ1n) is 11.8. The maximum Gasteiger partial charge on any atom is 0.573 e. The van der Waals surface area contributed by atoms with E-state index in [1.54, 1.807) is 28.8 Å². The number of rotatable bonds is 6. The van der Waals surface area contributed by atoms with Crippen molar-refractivity contribution in [3.63, 3.8) is 0 Å². The third kappa shape index (κ3) is 6.75. The molecule has 3 aromatic rings. The van der Waals surface area contributed by atoms with Gasteiger partial charge >= 0.3 is 12.5 Å². The molecule has 4 rings (SSSR count). The van der Waals surface area contributed by atoms with Crippen molar-refractivity contribution >= 4 is 22.7 Å². The van der Waals surface area contributed by atoms with Crippen LogP contribution in [0.4, 0.5) is 26.3 Å². The fraction of sp³-hybridized carbons (Fsp3) is 0.400. The van der Waals surface area contributed by atoms with E-state index in [2.05, 4.69) is 9.84 Å². The van der Waals surface area contributed by atoms with Gasteiger partial charge in [-0.1, -0.05) is 0 Å². The summed E-state index contributed by atoms with van der Waals surface area (Å²) in [6, 6.07) is 7.84. The van der Waals surface area contributed by atoms with Gasteiger partial charge in [-0.25, -0.2) is 0 Å². The van der Waals surface area contributed by atoms with Crippen LogP contribution >= 0.6 is 0 Å². The summed E-state index contributed by atoms with van der Waals surface area (Å²) in [4.78, 5) is 26.6. The topological polar surface area (TPSA) is 76.5 Å². The van der Waals surface area contributed by atoms with E-state index in [1.807, 2.05) is 5.32 Å². The number of halogens is 6. The zero-order valence-electron chi connectivity index (χ0n) is 20.2. The molecular weight excluding hydrogens is 518 g/mol. The maximum atomic E-state index is 12.8. The lowest BCUT2D eigenvalue weighted by Gasteiger charge is -2.32. The molecule has 0 atom stereocenters. The fourth-order valence-electron chi connectivity index (χ4n) is 4.46. The predicted octanol–water partition coefficient (Wildman–Crippen LogP) is 5.09. The molecule has 0 bridgehead atoms. The molecule has 7 nitrogen and oxygen atoms in total. The Bertz CT molecular complexity index is 1310. The number of piperidine rings is 1. The third-order valence-corrected chi connectivity index (χ3v) is 6.38. The highest BCUT2D eigenvalue weighted by Crippen LogP contribution is 2.26. The SMILES string of the molecule is Cc1c(C(=O)NCC(F)(F)F)ccc2nn(CC3CCN(C(=O)c4ccc(OC(F)(F)F)cc4)CC3)cc12. The van der Waals surface area contributed by atoms with Crippen LogP contribution in [0.5, 0.6) is 5.75 Å². The average Bonchev–Trinajstić information content (AvgIpc) is 3.25. The fourth-order valence-corrected chi connectivity index (χ4v) is 4.46. The second kappa shape index (κ2) is 10.5. The minimum atomic E-state index is -4.81. The second-order valence-corrected chi connectivity index (χ2v) is 9.13. The van der Waals surface area contributed by atoms with Gasteiger partial charge in [0.15, 0.2) is 0 Å². The van der Waals surface area contributed by atoms with E-state index in [0.29, 0.717) is 48.9 Å². The van der Waals surface area contributed by atoms with Crippen molar-refractivity contribution < 1.29 is 40.7 Å². The van der Waals surface area contributed by atoms with E-state index in [-0.39, 0.29) is 23.0 Å². The van der Waals surface area contributed by atoms with Crippen LogP contribution in [0.2, 0.25) is 0 Å². The molecule has 13 heteroatoms. The Morgan fingerprint density at radius 1 is 1.03 bits per heavy atom. The quantitative estimate of drug-likeness (QED) is 0.441. The summed E-state index contributed by atoms with van der Waals surface area (Å²) in [6.07, 6.45) is -6.19. The second-order valence-electron chi connectivity index (χ2n) is 9.13. The Kier molecular flexibility index (Phi) is 7.56. The van der Waals surface area contributed by atoms with Crippen LogP contribution in [0.15, 0.2) is 42.6 Å². The molecule has 0 radical (unpaired) electrons. The van der Waals surface area contributed by atoms with Crippen LogP contribution in [-0.4, -0.2) is 58.7 Å². The molecule has 1 fully saturated rings. The minimum absolute atomic E-state index is 0.145. The molecule has 0 aliphatic carbocycles. The predicted molar refractivity (Wildman–Crippen MR) is 125 cm³/mol. The van der Waals surface area contributed by atoms with Crippen LogP contribution in [0.25, 0.3) is 10.9 Å². The number of hydrogen-bond donors (Lipinski definition) is 1. The van der Waals surface area contributed by atoms with Crippen molar-refractivity contribution in [2.45, 2.75) is 38.8 Å². The zero-order valence-corrected chi connectivity index (χ0v) is 20.2. The van der Waals surface area contributed by atoms with Gasteiger partial charge in [0, 0.05) is 42.3 Å². The molecule has 1 aliphatic rings. The van der Waals surface area contributed by atoms with Crippen LogP contribution in [0.1, 0.15) is 39.1 Å². The highest BCUT2D eigenvalue weighted by Gasteiger charge is 2.31. The smallest absolute Gasteiger partial charge is 0.406 e. The number of ether oxygens (including phenoxy) is 1. The molecule has 2 heterocycles. The minimum Gasteiger partial charge on any atom is -0.406 e. The number of benzene rings is 2. The summed E-state index contributed by atoms with van der Waals surface area (Å²) in [7, 11) is 0. The molecule has 0 unspecified atom stereocenters. The molecule has 1 aromatic heterocycles. The van der Waals surface area contributed by atoms with Crippen LogP contribution < -0.4 is 10.1 Å². The van der Waals surface area contributed by atoms with E-state index in [1.165, 1.54) is 18.2 Å². The number of nitrogens with zero attached hydrogens (tertiary/aromatic N) is 3. The van der Waals surface area contributed by atoms with Crippen molar-refractivity contribution in [3.8, 4) is 5.75 Å². The molecule has 1 aliphatic heterocycles. The molecule has 38 heavy (non-hydrogen) atoms. The molecule has 2 amide bonds. The number of amides is 2. The normalized spacial score (nSPS) is 15.1. The molecule has 2 aromatic carbocycles. The van der Waals surface area contributed by atoms with Gasteiger partial charge in [-0.05, 0) is 67.6 Å². The zero-order chi connectivity index (χ0) is 27.7. The third-order valence-electron chi connectivity index (χ3n) is 6.38. The number of carbonyl (C=O) groups excluding carboxylic acids is 2. The maximum absolute atomic E-state index is 12.8. The van der Waals surface area contributed by atoms with E-state index < -0.39 is 30.7 Å². The van der Waals surface area contributed by atoms with Gasteiger partial charge in [-0.3, -0.25) is 14.3 Å². The first-order valence-corrected chi connectivity index (χ1v) is 11.8. The number of aromatic nitrogens is 2. The van der Waals surface area contributed by atoms with Crippen molar-refractivity contribution in [2.24, 2.45) is 5.92 Å². The lowest BCUT2D eigenvalue weighted by molar-refractivity contribution is -0.274. The Hall–Kier alpha value is -3.77. The van der Waals surface area contributed by atoms with Gasteiger partial charge in [0.1, 0.15) is 12.3 Å². The number of carbonyl (C=O) groups is 2. The standard InChI is InChI=1S/C25H24F6N4O3/c1-15-19(22(36)32-14-24(26,27)28)6-7-21-20(15)13-35(33-21)12-16-8-10-34(11-9-16)23(37)17-2-4-18(5-3-17)38-25(29,30)31/h2-7,13,16H,8-12,14H2,1H3,(H,32,36). The van der Waals surface area contributed by atoms with Crippen molar-refractivity contribution in [1.82, 2.24) is 20.0 Å².